The number of nitrogens with two attached hydrogens (primary N) is 1. The van der Waals surface area contributed by atoms with Crippen molar-refractivity contribution in [1.82, 2.24) is 0 Å². The van der Waals surface area contributed by atoms with Gasteiger partial charge in [-0.2, -0.15) is 0 Å². The fraction of sp³-hybridized carbons (Fsp3) is 0.351. The molecule has 0 saturated carbocycles. The summed E-state index contributed by atoms with van der Waals surface area (Å²) >= 11 is 3.10. The Morgan fingerprint density at radius 1 is 0.685 bits per heavy atom. The summed E-state index contributed by atoms with van der Waals surface area (Å²) in [6.45, 7) is 6.63. The topological polar surface area (TPSA) is 186 Å². The molecule has 4 aromatic carbocycles. The van der Waals surface area contributed by atoms with Gasteiger partial charge in [-0.3, -0.25) is 20.2 Å². The molecule has 0 saturated heterocycles. The molecule has 0 atom stereocenters. The molecule has 0 aromatic heterocycles. The third-order valence-electron chi connectivity index (χ3n) is 7.53. The van der Waals surface area contributed by atoms with E-state index in [1.165, 1.54) is 12.1 Å². The maximum atomic E-state index is 11.5. The largest absolute Gasteiger partial charge is 0.492 e. The molecule has 54 heavy (non-hydrogen) atoms. The van der Waals surface area contributed by atoms with Crippen LogP contribution in [0.3, 0.4) is 0 Å². The van der Waals surface area contributed by atoms with E-state index >= 15 is 0 Å². The highest BCUT2D eigenvalue weighted by molar-refractivity contribution is 9.10. The average Bonchev–Trinajstić information content (AvgIpc) is 3.13. The summed E-state index contributed by atoms with van der Waals surface area (Å²) in [5.41, 5.74) is 9.33. The van der Waals surface area contributed by atoms with Crippen molar-refractivity contribution >= 4 is 55.7 Å². The standard InChI is InChI=1S/C18H21N3O5.C10H16N2O.C8H6BrNO4.CH4/c1-4-24-16-9-12(20(2)3)5-6-13(16)19-14-10-17-18(26-8-7-25-17)11-15(14)21(22)23;1-4-13-10-7-8(12(2)3)5-6-9(10)11;9-5-3-7-8(14-2-1-13-7)4-6(5)10(11)12;/h5-6,9-11,19H,4,7-8H2,1-3H3;5-7H,4,11H2,1-3H3;3-4H,1-2H2;1H4. The molecule has 0 bridgehead atoms. The summed E-state index contributed by atoms with van der Waals surface area (Å²) < 4.78 is 32.9. The van der Waals surface area contributed by atoms with Gasteiger partial charge in [0.1, 0.15) is 43.6 Å². The van der Waals surface area contributed by atoms with Crippen LogP contribution < -0.4 is 49.3 Å². The predicted molar refractivity (Wildman–Crippen MR) is 214 cm³/mol. The van der Waals surface area contributed by atoms with Crippen molar-refractivity contribution in [3.63, 3.8) is 0 Å². The molecular formula is C37H47BrN6O10. The van der Waals surface area contributed by atoms with E-state index in [0.717, 1.165) is 17.1 Å². The zero-order valence-corrected chi connectivity index (χ0v) is 31.9. The smallest absolute Gasteiger partial charge is 0.296 e. The van der Waals surface area contributed by atoms with Crippen LogP contribution in [-0.4, -0.2) is 77.7 Å². The van der Waals surface area contributed by atoms with Crippen LogP contribution in [0.5, 0.6) is 34.5 Å². The zero-order chi connectivity index (χ0) is 38.7. The maximum Gasteiger partial charge on any atom is 0.296 e. The minimum absolute atomic E-state index is 0. The third kappa shape index (κ3) is 11.1. The van der Waals surface area contributed by atoms with Gasteiger partial charge in [-0.15, -0.1) is 0 Å². The van der Waals surface area contributed by atoms with Gasteiger partial charge in [0.25, 0.3) is 11.4 Å². The lowest BCUT2D eigenvalue weighted by atomic mass is 10.2. The Kier molecular flexibility index (Phi) is 15.6. The third-order valence-corrected chi connectivity index (χ3v) is 8.16. The van der Waals surface area contributed by atoms with Gasteiger partial charge in [-0.25, -0.2) is 0 Å². The first-order valence-electron chi connectivity index (χ1n) is 16.5. The Morgan fingerprint density at radius 2 is 1.13 bits per heavy atom. The second kappa shape index (κ2) is 19.8. The second-order valence-electron chi connectivity index (χ2n) is 11.7. The fourth-order valence-corrected chi connectivity index (χ4v) is 5.38. The number of benzene rings is 4. The van der Waals surface area contributed by atoms with Crippen LogP contribution in [0.15, 0.2) is 65.1 Å². The van der Waals surface area contributed by atoms with Crippen LogP contribution >= 0.6 is 15.9 Å². The molecule has 0 amide bonds. The highest BCUT2D eigenvalue weighted by atomic mass is 79.9. The first kappa shape index (κ1) is 42.6. The highest BCUT2D eigenvalue weighted by Gasteiger charge is 2.24. The minimum atomic E-state index is -0.470. The van der Waals surface area contributed by atoms with Crippen molar-refractivity contribution in [2.24, 2.45) is 0 Å². The van der Waals surface area contributed by atoms with Gasteiger partial charge in [-0.05, 0) is 54.0 Å². The monoisotopic (exact) mass is 814 g/mol. The van der Waals surface area contributed by atoms with E-state index in [-0.39, 0.29) is 18.8 Å². The number of hydrogen-bond acceptors (Lipinski definition) is 14. The van der Waals surface area contributed by atoms with E-state index in [1.54, 1.807) is 12.1 Å². The normalized spacial score (nSPS) is 11.9. The van der Waals surface area contributed by atoms with Gasteiger partial charge in [0.15, 0.2) is 23.0 Å². The number of hydrogen-bond donors (Lipinski definition) is 2. The molecule has 2 aliphatic heterocycles. The lowest BCUT2D eigenvalue weighted by Crippen LogP contribution is -2.16. The Labute approximate surface area is 323 Å². The number of halogens is 1. The number of nitro benzene ring substituents is 2. The molecule has 0 fully saturated rings. The molecule has 6 rings (SSSR count). The van der Waals surface area contributed by atoms with Crippen LogP contribution in [0.2, 0.25) is 0 Å². The van der Waals surface area contributed by atoms with E-state index in [4.69, 9.17) is 34.2 Å². The summed E-state index contributed by atoms with van der Waals surface area (Å²) in [6.07, 6.45) is 0. The summed E-state index contributed by atoms with van der Waals surface area (Å²) in [5, 5.41) is 25.2. The molecule has 0 unspecified atom stereocenters. The number of fused-ring (bicyclic) bond motifs is 2. The molecule has 2 aliphatic rings. The van der Waals surface area contributed by atoms with Crippen LogP contribution in [0.25, 0.3) is 0 Å². The Balaban J connectivity index is 0.000000237. The molecule has 0 radical (unpaired) electrons. The van der Waals surface area contributed by atoms with Crippen LogP contribution in [0.4, 0.5) is 39.8 Å². The van der Waals surface area contributed by atoms with Gasteiger partial charge in [-0.1, -0.05) is 7.43 Å². The van der Waals surface area contributed by atoms with E-state index in [2.05, 4.69) is 21.2 Å². The fourth-order valence-electron chi connectivity index (χ4n) is 4.92. The van der Waals surface area contributed by atoms with Gasteiger partial charge >= 0.3 is 0 Å². The van der Waals surface area contributed by atoms with Crippen molar-refractivity contribution in [3.05, 3.63) is 85.4 Å². The maximum absolute atomic E-state index is 11.5. The molecule has 3 N–H and O–H groups in total. The average molecular weight is 816 g/mol. The number of nitrogen functional groups attached to an aromatic ring is 1. The lowest BCUT2D eigenvalue weighted by Gasteiger charge is -2.20. The summed E-state index contributed by atoms with van der Waals surface area (Å²) in [6, 6.07) is 17.3. The quantitative estimate of drug-likeness (QED) is 0.0889. The second-order valence-corrected chi connectivity index (χ2v) is 12.5. The predicted octanol–water partition coefficient (Wildman–Crippen LogP) is 8.07. The first-order chi connectivity index (χ1) is 25.3. The number of nitro groups is 2. The highest BCUT2D eigenvalue weighted by Crippen LogP contribution is 2.42. The molecule has 2 heterocycles. The molecule has 0 aliphatic carbocycles. The number of nitrogens with zero attached hydrogens (tertiary/aromatic N) is 4. The Hall–Kier alpha value is -5.84. The molecule has 0 spiro atoms. The van der Waals surface area contributed by atoms with Crippen molar-refractivity contribution in [2.45, 2.75) is 21.3 Å². The Bertz CT molecular complexity index is 1910. The lowest BCUT2D eigenvalue weighted by molar-refractivity contribution is -0.385. The van der Waals surface area contributed by atoms with Crippen LogP contribution in [0, 0.1) is 20.2 Å². The SMILES string of the molecule is C.CCOc1cc(N(C)C)ccc1N.CCOc1cc(N(C)C)ccc1Nc1cc2c(cc1[N+](=O)[O-])OCCO2.O=[N+]([O-])c1cc2c(cc1Br)OCCO2. The Morgan fingerprint density at radius 3 is 1.63 bits per heavy atom. The summed E-state index contributed by atoms with van der Waals surface area (Å²) in [7, 11) is 7.84. The van der Waals surface area contributed by atoms with Crippen LogP contribution in [-0.2, 0) is 0 Å². The van der Waals surface area contributed by atoms with E-state index in [1.807, 2.05) is 88.2 Å². The van der Waals surface area contributed by atoms with Gasteiger partial charge < -0.3 is 49.3 Å². The van der Waals surface area contributed by atoms with E-state index in [9.17, 15) is 20.2 Å². The van der Waals surface area contributed by atoms with Crippen molar-refractivity contribution in [1.29, 1.82) is 0 Å². The molecule has 16 nitrogen and oxygen atoms in total. The van der Waals surface area contributed by atoms with Gasteiger partial charge in [0.05, 0.1) is 51.0 Å². The minimum Gasteiger partial charge on any atom is -0.492 e. The van der Waals surface area contributed by atoms with Crippen LogP contribution in [0.1, 0.15) is 21.3 Å². The number of ether oxygens (including phenoxy) is 6. The molecule has 292 valence electrons. The van der Waals surface area contributed by atoms with Gasteiger partial charge in [0, 0.05) is 63.8 Å². The molecular weight excluding hydrogens is 768 g/mol. The van der Waals surface area contributed by atoms with E-state index < -0.39 is 9.85 Å². The van der Waals surface area contributed by atoms with Crippen molar-refractivity contribution in [3.8, 4) is 34.5 Å². The molecule has 4 aromatic rings. The first-order valence-corrected chi connectivity index (χ1v) is 17.3. The zero-order valence-electron chi connectivity index (χ0n) is 30.3. The van der Waals surface area contributed by atoms with E-state index in [0.29, 0.717) is 89.9 Å². The number of rotatable bonds is 10. The van der Waals surface area contributed by atoms with Crippen molar-refractivity contribution < 1.29 is 38.3 Å². The van der Waals surface area contributed by atoms with Gasteiger partial charge in [0.2, 0.25) is 0 Å². The molecule has 17 heteroatoms. The number of anilines is 5. The van der Waals surface area contributed by atoms with Crippen molar-refractivity contribution in [2.75, 3.05) is 88.7 Å². The summed E-state index contributed by atoms with van der Waals surface area (Å²) in [4.78, 5) is 25.1. The summed E-state index contributed by atoms with van der Waals surface area (Å²) in [5.74, 6) is 3.19. The number of nitrogens with one attached hydrogen (secondary N) is 1.